The van der Waals surface area contributed by atoms with Crippen LogP contribution in [0.1, 0.15) is 44.9 Å². The van der Waals surface area contributed by atoms with Crippen molar-refractivity contribution in [3.8, 4) is 0 Å². The predicted octanol–water partition coefficient (Wildman–Crippen LogP) is 4.46. The lowest BCUT2D eigenvalue weighted by Crippen LogP contribution is -2.10. The van der Waals surface area contributed by atoms with E-state index in [1.807, 2.05) is 56.3 Å². The average Bonchev–Trinajstić information content (AvgIpc) is 3.16. The Morgan fingerprint density at radius 1 is 0.913 bits per heavy atom. The van der Waals surface area contributed by atoms with Gasteiger partial charge < -0.3 is 13.6 Å². The first-order valence-electron chi connectivity index (χ1n) is 7.40. The van der Waals surface area contributed by atoms with Crippen LogP contribution in [-0.2, 0) is 4.74 Å². The molecule has 0 bridgehead atoms. The van der Waals surface area contributed by atoms with Gasteiger partial charge in [0.2, 0.25) is 0 Å². The topological polar surface area (TPSA) is 52.6 Å². The minimum atomic E-state index is -0.378. The number of furan rings is 2. The Balaban J connectivity index is 2.19. The maximum absolute atomic E-state index is 12.1. The summed E-state index contributed by atoms with van der Waals surface area (Å²) in [6.07, 6.45) is 0. The van der Waals surface area contributed by atoms with Gasteiger partial charge in [-0.15, -0.1) is 0 Å². The smallest absolute Gasteiger partial charge is 0.338 e. The summed E-state index contributed by atoms with van der Waals surface area (Å²) in [6, 6.07) is 15.0. The molecule has 3 rings (SSSR count). The lowest BCUT2D eigenvalue weighted by molar-refractivity contribution is 0.0599. The van der Waals surface area contributed by atoms with Gasteiger partial charge in [-0.2, -0.15) is 0 Å². The minimum absolute atomic E-state index is 0.298. The highest BCUT2D eigenvalue weighted by molar-refractivity contribution is 5.91. The number of rotatable bonds is 4. The molecule has 0 unspecified atom stereocenters. The fraction of sp³-hybridized carbons (Fsp3) is 0.211. The van der Waals surface area contributed by atoms with Crippen LogP contribution in [-0.4, -0.2) is 13.1 Å². The number of methoxy groups -OCH3 is 1. The number of carbonyl (C=O) groups is 1. The molecule has 0 saturated carbocycles. The molecular formula is C19H18O4. The van der Waals surface area contributed by atoms with E-state index in [4.69, 9.17) is 13.6 Å². The van der Waals surface area contributed by atoms with E-state index in [-0.39, 0.29) is 11.9 Å². The van der Waals surface area contributed by atoms with Gasteiger partial charge in [-0.05, 0) is 49.7 Å². The van der Waals surface area contributed by atoms with E-state index in [0.717, 1.165) is 28.6 Å². The third-order valence-corrected chi connectivity index (χ3v) is 3.77. The SMILES string of the molecule is COC(=O)c1ccccc1C(c1ccc(C)o1)c1ccc(C)o1. The maximum Gasteiger partial charge on any atom is 0.338 e. The number of aryl methyl sites for hydroxylation is 2. The Morgan fingerprint density at radius 2 is 1.48 bits per heavy atom. The van der Waals surface area contributed by atoms with Gasteiger partial charge in [0.25, 0.3) is 0 Å². The molecule has 23 heavy (non-hydrogen) atoms. The number of hydrogen-bond acceptors (Lipinski definition) is 4. The Labute approximate surface area is 134 Å². The lowest BCUT2D eigenvalue weighted by Gasteiger charge is -2.16. The number of carbonyl (C=O) groups excluding carboxylic acids is 1. The van der Waals surface area contributed by atoms with Crippen LogP contribution in [0.15, 0.2) is 57.4 Å². The van der Waals surface area contributed by atoms with Gasteiger partial charge >= 0.3 is 5.97 Å². The van der Waals surface area contributed by atoms with Crippen molar-refractivity contribution in [2.24, 2.45) is 0 Å². The molecule has 0 radical (unpaired) electrons. The summed E-state index contributed by atoms with van der Waals surface area (Å²) in [7, 11) is 1.38. The molecule has 2 aromatic heterocycles. The number of hydrogen-bond donors (Lipinski definition) is 0. The summed E-state index contributed by atoms with van der Waals surface area (Å²) in [6.45, 7) is 3.78. The molecular weight excluding hydrogens is 292 g/mol. The van der Waals surface area contributed by atoms with Crippen LogP contribution in [0.25, 0.3) is 0 Å². The van der Waals surface area contributed by atoms with E-state index in [0.29, 0.717) is 5.56 Å². The van der Waals surface area contributed by atoms with Gasteiger partial charge in [0.05, 0.1) is 12.7 Å². The molecule has 3 aromatic rings. The van der Waals surface area contributed by atoms with Crippen LogP contribution in [0.4, 0.5) is 0 Å². The second-order valence-corrected chi connectivity index (χ2v) is 5.41. The van der Waals surface area contributed by atoms with E-state index < -0.39 is 0 Å². The lowest BCUT2D eigenvalue weighted by atomic mass is 9.90. The summed E-state index contributed by atoms with van der Waals surface area (Å²) in [5.74, 6) is 2.40. The minimum Gasteiger partial charge on any atom is -0.465 e. The van der Waals surface area contributed by atoms with Crippen molar-refractivity contribution >= 4 is 5.97 Å². The third kappa shape index (κ3) is 2.93. The maximum atomic E-state index is 12.1. The molecule has 4 heteroatoms. The largest absolute Gasteiger partial charge is 0.465 e. The molecule has 0 fully saturated rings. The second-order valence-electron chi connectivity index (χ2n) is 5.41. The molecule has 0 amide bonds. The number of esters is 1. The van der Waals surface area contributed by atoms with E-state index >= 15 is 0 Å². The first-order valence-corrected chi connectivity index (χ1v) is 7.40. The molecule has 0 spiro atoms. The van der Waals surface area contributed by atoms with Gasteiger partial charge in [0, 0.05) is 0 Å². The molecule has 0 aliphatic rings. The summed E-state index contributed by atoms with van der Waals surface area (Å²) in [5.41, 5.74) is 1.30. The number of ether oxygens (including phenoxy) is 1. The normalized spacial score (nSPS) is 11.0. The molecule has 0 aliphatic heterocycles. The van der Waals surface area contributed by atoms with E-state index in [2.05, 4.69) is 0 Å². The highest BCUT2D eigenvalue weighted by atomic mass is 16.5. The van der Waals surface area contributed by atoms with Crippen LogP contribution in [0.2, 0.25) is 0 Å². The van der Waals surface area contributed by atoms with Gasteiger partial charge in [0.1, 0.15) is 29.0 Å². The Hall–Kier alpha value is -2.75. The standard InChI is InChI=1S/C19H18O4/c1-12-8-10-16(22-12)18(17-11-9-13(2)23-17)14-6-4-5-7-15(14)19(20)21-3/h4-11,18H,1-3H3. The Bertz CT molecular complexity index is 785. The molecule has 2 heterocycles. The zero-order valence-corrected chi connectivity index (χ0v) is 13.3. The molecule has 0 N–H and O–H groups in total. The van der Waals surface area contributed by atoms with Gasteiger partial charge in [-0.1, -0.05) is 18.2 Å². The monoisotopic (exact) mass is 310 g/mol. The molecule has 0 saturated heterocycles. The highest BCUT2D eigenvalue weighted by Gasteiger charge is 2.27. The van der Waals surface area contributed by atoms with Gasteiger partial charge in [-0.25, -0.2) is 4.79 Å². The number of benzene rings is 1. The second kappa shape index (κ2) is 6.16. The van der Waals surface area contributed by atoms with Gasteiger partial charge in [-0.3, -0.25) is 0 Å². The van der Waals surface area contributed by atoms with Crippen LogP contribution >= 0.6 is 0 Å². The molecule has 118 valence electrons. The molecule has 0 aliphatic carbocycles. The van der Waals surface area contributed by atoms with Crippen molar-refractivity contribution in [1.29, 1.82) is 0 Å². The van der Waals surface area contributed by atoms with Crippen molar-refractivity contribution < 1.29 is 18.4 Å². The van der Waals surface area contributed by atoms with Gasteiger partial charge in [0.15, 0.2) is 0 Å². The van der Waals surface area contributed by atoms with Crippen molar-refractivity contribution in [2.45, 2.75) is 19.8 Å². The summed E-state index contributed by atoms with van der Waals surface area (Å²) in [4.78, 5) is 12.1. The average molecular weight is 310 g/mol. The van der Waals surface area contributed by atoms with Crippen molar-refractivity contribution in [3.63, 3.8) is 0 Å². The van der Waals surface area contributed by atoms with Crippen LogP contribution in [0.5, 0.6) is 0 Å². The third-order valence-electron chi connectivity index (χ3n) is 3.77. The first kappa shape index (κ1) is 15.2. The molecule has 0 atom stereocenters. The van der Waals surface area contributed by atoms with E-state index in [9.17, 15) is 4.79 Å². The molecule has 1 aromatic carbocycles. The van der Waals surface area contributed by atoms with Crippen molar-refractivity contribution in [1.82, 2.24) is 0 Å². The zero-order valence-electron chi connectivity index (χ0n) is 13.3. The van der Waals surface area contributed by atoms with Crippen LogP contribution in [0, 0.1) is 13.8 Å². The summed E-state index contributed by atoms with van der Waals surface area (Å²) >= 11 is 0. The highest BCUT2D eigenvalue weighted by Crippen LogP contribution is 2.36. The van der Waals surface area contributed by atoms with Crippen LogP contribution in [0.3, 0.4) is 0 Å². The fourth-order valence-electron chi connectivity index (χ4n) is 2.71. The first-order chi connectivity index (χ1) is 11.1. The molecule has 4 nitrogen and oxygen atoms in total. The van der Waals surface area contributed by atoms with Crippen molar-refractivity contribution in [2.75, 3.05) is 7.11 Å². The predicted molar refractivity (Wildman–Crippen MR) is 85.6 cm³/mol. The quantitative estimate of drug-likeness (QED) is 0.668. The Morgan fingerprint density at radius 3 is 1.96 bits per heavy atom. The van der Waals surface area contributed by atoms with Crippen LogP contribution < -0.4 is 0 Å². The van der Waals surface area contributed by atoms with E-state index in [1.54, 1.807) is 6.07 Å². The Kier molecular flexibility index (Phi) is 4.06. The summed E-state index contributed by atoms with van der Waals surface area (Å²) in [5, 5.41) is 0. The van der Waals surface area contributed by atoms with E-state index in [1.165, 1.54) is 7.11 Å². The van der Waals surface area contributed by atoms with Crippen molar-refractivity contribution in [3.05, 3.63) is 82.7 Å². The summed E-state index contributed by atoms with van der Waals surface area (Å²) < 4.78 is 16.5. The zero-order chi connectivity index (χ0) is 16.4. The fourth-order valence-corrected chi connectivity index (χ4v) is 2.71.